The summed E-state index contributed by atoms with van der Waals surface area (Å²) in [6.45, 7) is 5.25. The summed E-state index contributed by atoms with van der Waals surface area (Å²) in [6.07, 6.45) is 6.92. The highest BCUT2D eigenvalue weighted by atomic mass is 16.3. The average molecular weight is 287 g/mol. The van der Waals surface area contributed by atoms with E-state index >= 15 is 0 Å². The fraction of sp³-hybridized carbons (Fsp3) is 0.647. The van der Waals surface area contributed by atoms with Crippen LogP contribution in [0.1, 0.15) is 43.2 Å². The van der Waals surface area contributed by atoms with Gasteiger partial charge in [-0.05, 0) is 60.5 Å². The predicted octanol–water partition coefficient (Wildman–Crippen LogP) is 3.99. The second-order valence-electron chi connectivity index (χ2n) is 6.71. The summed E-state index contributed by atoms with van der Waals surface area (Å²) in [5.74, 6) is 1.80. The summed E-state index contributed by atoms with van der Waals surface area (Å²) in [7, 11) is 0. The van der Waals surface area contributed by atoms with Crippen molar-refractivity contribution < 1.29 is 0 Å². The van der Waals surface area contributed by atoms with E-state index in [9.17, 15) is 4.91 Å². The lowest BCUT2D eigenvalue weighted by Gasteiger charge is -2.41. The molecule has 1 saturated heterocycles. The molecular formula is C17H25N3O. The molecular weight excluding hydrogens is 262 g/mol. The molecule has 4 nitrogen and oxygen atoms in total. The Morgan fingerprint density at radius 1 is 1.24 bits per heavy atom. The van der Waals surface area contributed by atoms with Gasteiger partial charge in [0.15, 0.2) is 0 Å². The van der Waals surface area contributed by atoms with E-state index in [2.05, 4.69) is 17.0 Å². The van der Waals surface area contributed by atoms with Gasteiger partial charge in [0.05, 0.1) is 5.69 Å². The first kappa shape index (κ1) is 14.5. The predicted molar refractivity (Wildman–Crippen MR) is 86.4 cm³/mol. The first-order chi connectivity index (χ1) is 10.2. The van der Waals surface area contributed by atoms with Crippen LogP contribution in [-0.4, -0.2) is 18.0 Å². The number of hydrogen-bond acceptors (Lipinski definition) is 4. The number of nitrogens with two attached hydrogens (primary N) is 1. The van der Waals surface area contributed by atoms with E-state index in [1.165, 1.54) is 38.6 Å². The molecule has 0 radical (unpaired) electrons. The zero-order chi connectivity index (χ0) is 14.8. The Hall–Kier alpha value is -1.42. The molecule has 1 aliphatic heterocycles. The van der Waals surface area contributed by atoms with Crippen LogP contribution in [0.3, 0.4) is 0 Å². The molecule has 21 heavy (non-hydrogen) atoms. The number of aryl methyl sites for hydroxylation is 1. The van der Waals surface area contributed by atoms with E-state index in [1.54, 1.807) is 6.07 Å². The van der Waals surface area contributed by atoms with Gasteiger partial charge in [0.2, 0.25) is 0 Å². The Labute approximate surface area is 126 Å². The third-order valence-electron chi connectivity index (χ3n) is 5.42. The van der Waals surface area contributed by atoms with Gasteiger partial charge in [0.1, 0.15) is 5.69 Å². The Morgan fingerprint density at radius 3 is 2.76 bits per heavy atom. The fourth-order valence-corrected chi connectivity index (χ4v) is 4.09. The van der Waals surface area contributed by atoms with Crippen molar-refractivity contribution in [2.75, 3.05) is 18.8 Å². The van der Waals surface area contributed by atoms with Crippen molar-refractivity contribution in [1.82, 2.24) is 4.90 Å². The minimum Gasteiger partial charge on any atom is -0.397 e. The van der Waals surface area contributed by atoms with E-state index in [0.717, 1.165) is 36.1 Å². The first-order valence-electron chi connectivity index (χ1n) is 8.12. The lowest BCUT2D eigenvalue weighted by atomic mass is 9.75. The molecule has 0 amide bonds. The number of likely N-dealkylation sites (tertiary alicyclic amines) is 1. The quantitative estimate of drug-likeness (QED) is 0.675. The lowest BCUT2D eigenvalue weighted by molar-refractivity contribution is 0.0821. The first-order valence-corrected chi connectivity index (χ1v) is 8.12. The maximum atomic E-state index is 10.8. The zero-order valence-electron chi connectivity index (χ0n) is 12.8. The summed E-state index contributed by atoms with van der Waals surface area (Å²) >= 11 is 0. The van der Waals surface area contributed by atoms with Gasteiger partial charge in [-0.25, -0.2) is 0 Å². The summed E-state index contributed by atoms with van der Waals surface area (Å²) in [6, 6.07) is 3.67. The van der Waals surface area contributed by atoms with Gasteiger partial charge in [-0.3, -0.25) is 4.90 Å². The third kappa shape index (κ3) is 2.95. The van der Waals surface area contributed by atoms with E-state index < -0.39 is 0 Å². The summed E-state index contributed by atoms with van der Waals surface area (Å²) in [5.41, 5.74) is 9.31. The Morgan fingerprint density at radius 2 is 2.00 bits per heavy atom. The number of rotatable bonds is 3. The average Bonchev–Trinajstić information content (AvgIpc) is 2.51. The van der Waals surface area contributed by atoms with Crippen LogP contribution in [0.5, 0.6) is 0 Å². The molecule has 2 aliphatic rings. The molecule has 1 aromatic rings. The maximum Gasteiger partial charge on any atom is 0.131 e. The fourth-order valence-electron chi connectivity index (χ4n) is 4.09. The molecule has 0 bridgehead atoms. The van der Waals surface area contributed by atoms with Gasteiger partial charge in [-0.2, -0.15) is 0 Å². The number of anilines is 1. The largest absolute Gasteiger partial charge is 0.397 e. The molecule has 2 atom stereocenters. The monoisotopic (exact) mass is 287 g/mol. The highest BCUT2D eigenvalue weighted by molar-refractivity contribution is 5.68. The molecule has 1 heterocycles. The van der Waals surface area contributed by atoms with Gasteiger partial charge >= 0.3 is 0 Å². The van der Waals surface area contributed by atoms with Gasteiger partial charge in [-0.1, -0.05) is 25.3 Å². The van der Waals surface area contributed by atoms with Crippen LogP contribution in [0.2, 0.25) is 0 Å². The highest BCUT2D eigenvalue weighted by Gasteiger charge is 2.31. The molecule has 1 saturated carbocycles. The number of nitroso groups, excluding NO2 is 1. The second-order valence-corrected chi connectivity index (χ2v) is 6.71. The smallest absolute Gasteiger partial charge is 0.131 e. The van der Waals surface area contributed by atoms with Gasteiger partial charge in [0.25, 0.3) is 0 Å². The molecule has 4 heteroatoms. The molecule has 0 spiro atoms. The van der Waals surface area contributed by atoms with Crippen molar-refractivity contribution in [2.45, 2.75) is 45.6 Å². The molecule has 2 unspecified atom stereocenters. The van der Waals surface area contributed by atoms with E-state index in [4.69, 9.17) is 5.73 Å². The van der Waals surface area contributed by atoms with Crippen LogP contribution in [-0.2, 0) is 6.54 Å². The minimum absolute atomic E-state index is 0.378. The van der Waals surface area contributed by atoms with Crippen molar-refractivity contribution in [2.24, 2.45) is 17.0 Å². The lowest BCUT2D eigenvalue weighted by Crippen LogP contribution is -2.41. The molecule has 3 rings (SSSR count). The number of nitrogens with zero attached hydrogens (tertiary/aromatic N) is 2. The van der Waals surface area contributed by atoms with E-state index in [-0.39, 0.29) is 0 Å². The van der Waals surface area contributed by atoms with E-state index in [0.29, 0.717) is 11.4 Å². The Balaban J connectivity index is 1.73. The molecule has 2 N–H and O–H groups in total. The molecule has 2 fully saturated rings. The number of nitrogen functional groups attached to an aromatic ring is 1. The Kier molecular flexibility index (Phi) is 4.24. The van der Waals surface area contributed by atoms with Crippen molar-refractivity contribution in [3.63, 3.8) is 0 Å². The Bertz CT molecular complexity index is 529. The number of benzene rings is 1. The van der Waals surface area contributed by atoms with Crippen molar-refractivity contribution in [3.8, 4) is 0 Å². The van der Waals surface area contributed by atoms with Crippen LogP contribution < -0.4 is 5.73 Å². The molecule has 114 valence electrons. The van der Waals surface area contributed by atoms with E-state index in [1.807, 2.05) is 6.07 Å². The number of hydrogen-bond donors (Lipinski definition) is 1. The van der Waals surface area contributed by atoms with Crippen molar-refractivity contribution in [3.05, 3.63) is 28.2 Å². The van der Waals surface area contributed by atoms with Crippen LogP contribution in [0.15, 0.2) is 17.3 Å². The molecule has 1 aromatic carbocycles. The normalized spacial score (nSPS) is 26.3. The van der Waals surface area contributed by atoms with Crippen LogP contribution >= 0.6 is 0 Å². The van der Waals surface area contributed by atoms with Crippen LogP contribution in [0, 0.1) is 23.7 Å². The molecule has 0 aromatic heterocycles. The topological polar surface area (TPSA) is 58.7 Å². The zero-order valence-corrected chi connectivity index (χ0v) is 12.8. The second kappa shape index (κ2) is 6.14. The van der Waals surface area contributed by atoms with Crippen molar-refractivity contribution in [1.29, 1.82) is 0 Å². The van der Waals surface area contributed by atoms with Gasteiger partial charge in [0, 0.05) is 13.1 Å². The van der Waals surface area contributed by atoms with Gasteiger partial charge < -0.3 is 5.73 Å². The number of fused-ring (bicyclic) bond motifs is 1. The SMILES string of the molecule is Cc1ccc(N=O)c(N)c1CN1CCC2CCCCC2C1. The van der Waals surface area contributed by atoms with Crippen LogP contribution in [0.25, 0.3) is 0 Å². The van der Waals surface area contributed by atoms with Gasteiger partial charge in [-0.15, -0.1) is 4.91 Å². The van der Waals surface area contributed by atoms with Crippen molar-refractivity contribution >= 4 is 11.4 Å². The number of piperidine rings is 1. The standard InChI is InChI=1S/C17H25N3O/c1-12-6-7-16(19-21)17(18)15(12)11-20-9-8-13-4-2-3-5-14(13)10-20/h6-7,13-14H,2-5,8-11,18H2,1H3. The third-order valence-corrected chi connectivity index (χ3v) is 5.42. The summed E-state index contributed by atoms with van der Waals surface area (Å²) in [5, 5.41) is 3.04. The minimum atomic E-state index is 0.378. The summed E-state index contributed by atoms with van der Waals surface area (Å²) in [4.78, 5) is 13.3. The molecule has 1 aliphatic carbocycles. The maximum absolute atomic E-state index is 10.8. The van der Waals surface area contributed by atoms with Crippen LogP contribution in [0.4, 0.5) is 11.4 Å². The summed E-state index contributed by atoms with van der Waals surface area (Å²) < 4.78 is 0. The highest BCUT2D eigenvalue weighted by Crippen LogP contribution is 2.37.